The van der Waals surface area contributed by atoms with Crippen LogP contribution in [0.1, 0.15) is 53.4 Å². The van der Waals surface area contributed by atoms with Crippen LogP contribution in [-0.2, 0) is 4.79 Å². The fourth-order valence-electron chi connectivity index (χ4n) is 2.27. The van der Waals surface area contributed by atoms with Gasteiger partial charge in [0, 0.05) is 6.42 Å². The first-order valence-corrected chi connectivity index (χ1v) is 6.44. The molecule has 0 bridgehead atoms. The Morgan fingerprint density at radius 3 is 2.59 bits per heavy atom. The maximum atomic E-state index is 12.0. The summed E-state index contributed by atoms with van der Waals surface area (Å²) in [5.41, 5.74) is 4.83. The lowest BCUT2D eigenvalue weighted by Gasteiger charge is -2.13. The van der Waals surface area contributed by atoms with Crippen LogP contribution in [0.2, 0.25) is 0 Å². The topological polar surface area (TPSA) is 17.1 Å². The van der Waals surface area contributed by atoms with Crippen molar-refractivity contribution in [3.8, 4) is 0 Å². The van der Waals surface area contributed by atoms with Crippen LogP contribution in [0.5, 0.6) is 0 Å². The van der Waals surface area contributed by atoms with Crippen molar-refractivity contribution in [1.29, 1.82) is 0 Å². The molecular formula is C16H24O. The van der Waals surface area contributed by atoms with Crippen LogP contribution in [0.15, 0.2) is 34.9 Å². The highest BCUT2D eigenvalue weighted by atomic mass is 16.1. The summed E-state index contributed by atoms with van der Waals surface area (Å²) < 4.78 is 0. The monoisotopic (exact) mass is 232 g/mol. The molecule has 0 aromatic carbocycles. The van der Waals surface area contributed by atoms with Gasteiger partial charge in [0.25, 0.3) is 0 Å². The highest BCUT2D eigenvalue weighted by molar-refractivity contribution is 5.96. The second-order valence-corrected chi connectivity index (χ2v) is 5.45. The van der Waals surface area contributed by atoms with E-state index in [1.165, 1.54) is 16.7 Å². The average Bonchev–Trinajstić information content (AvgIpc) is 2.34. The van der Waals surface area contributed by atoms with Gasteiger partial charge in [0.05, 0.1) is 0 Å². The van der Waals surface area contributed by atoms with Crippen molar-refractivity contribution in [3.05, 3.63) is 34.9 Å². The second-order valence-electron chi connectivity index (χ2n) is 5.45. The molecule has 1 aliphatic rings. The molecule has 17 heavy (non-hydrogen) atoms. The fraction of sp³-hybridized carbons (Fsp3) is 0.562. The smallest absolute Gasteiger partial charge is 0.159 e. The fourth-order valence-corrected chi connectivity index (χ4v) is 2.27. The number of carbonyl (C=O) groups is 1. The maximum absolute atomic E-state index is 12.0. The number of Topliss-reactive ketones (excluding diaryl/α,β-unsaturated/α-hetero) is 1. The Morgan fingerprint density at radius 2 is 2.06 bits per heavy atom. The van der Waals surface area contributed by atoms with Gasteiger partial charge in [0.15, 0.2) is 5.78 Å². The number of allylic oxidation sites excluding steroid dienone is 5. The Kier molecular flexibility index (Phi) is 4.92. The molecule has 1 atom stereocenters. The minimum atomic E-state index is 0.332. The van der Waals surface area contributed by atoms with Crippen molar-refractivity contribution in [2.45, 2.75) is 53.4 Å². The van der Waals surface area contributed by atoms with E-state index in [1.54, 1.807) is 0 Å². The van der Waals surface area contributed by atoms with Crippen LogP contribution in [-0.4, -0.2) is 5.78 Å². The number of rotatable bonds is 3. The summed E-state index contributed by atoms with van der Waals surface area (Å²) in [5, 5.41) is 0. The van der Waals surface area contributed by atoms with Gasteiger partial charge in [-0.05, 0) is 51.5 Å². The number of hydrogen-bond donors (Lipinski definition) is 0. The summed E-state index contributed by atoms with van der Waals surface area (Å²) in [7, 11) is 0. The Labute approximate surface area is 105 Å². The molecule has 0 heterocycles. The average molecular weight is 232 g/mol. The summed E-state index contributed by atoms with van der Waals surface area (Å²) in [6, 6.07) is 0. The van der Waals surface area contributed by atoms with Crippen molar-refractivity contribution >= 4 is 5.78 Å². The molecule has 1 heteroatoms. The van der Waals surface area contributed by atoms with Crippen LogP contribution in [0.4, 0.5) is 0 Å². The van der Waals surface area contributed by atoms with Crippen molar-refractivity contribution in [1.82, 2.24) is 0 Å². The van der Waals surface area contributed by atoms with Crippen LogP contribution in [0, 0.1) is 5.92 Å². The summed E-state index contributed by atoms with van der Waals surface area (Å²) >= 11 is 0. The van der Waals surface area contributed by atoms with Gasteiger partial charge < -0.3 is 0 Å². The summed E-state index contributed by atoms with van der Waals surface area (Å²) in [4.78, 5) is 12.0. The normalized spacial score (nSPS) is 20.9. The third kappa shape index (κ3) is 3.99. The van der Waals surface area contributed by atoms with Crippen molar-refractivity contribution in [2.75, 3.05) is 0 Å². The third-order valence-corrected chi connectivity index (χ3v) is 3.47. The van der Waals surface area contributed by atoms with E-state index in [0.717, 1.165) is 24.8 Å². The molecule has 0 radical (unpaired) electrons. The minimum Gasteiger partial charge on any atom is -0.295 e. The standard InChI is InChI=1S/C16H24O/c1-11(2)6-7-14-8-9-15(12(3)4)16(17)10-13(14)5/h8,13H,1,6-7,9-10H2,2-5H3. The number of hydrogen-bond acceptors (Lipinski definition) is 1. The number of ketones is 1. The van der Waals surface area contributed by atoms with E-state index in [4.69, 9.17) is 0 Å². The molecule has 0 spiro atoms. The van der Waals surface area contributed by atoms with Gasteiger partial charge in [-0.15, -0.1) is 6.58 Å². The van der Waals surface area contributed by atoms with Gasteiger partial charge in [0.1, 0.15) is 0 Å². The van der Waals surface area contributed by atoms with Gasteiger partial charge in [0.2, 0.25) is 0 Å². The van der Waals surface area contributed by atoms with Crippen LogP contribution in [0.25, 0.3) is 0 Å². The first kappa shape index (κ1) is 14.0. The lowest BCUT2D eigenvalue weighted by atomic mass is 9.92. The van der Waals surface area contributed by atoms with E-state index in [-0.39, 0.29) is 0 Å². The molecule has 0 aromatic heterocycles. The number of carbonyl (C=O) groups excluding carboxylic acids is 1. The molecule has 1 nitrogen and oxygen atoms in total. The SMILES string of the molecule is C=C(C)CCC1=CCC(=C(C)C)C(=O)CC1C. The third-order valence-electron chi connectivity index (χ3n) is 3.47. The maximum Gasteiger partial charge on any atom is 0.159 e. The predicted molar refractivity (Wildman–Crippen MR) is 73.9 cm³/mol. The molecule has 0 fully saturated rings. The molecule has 0 aliphatic heterocycles. The summed E-state index contributed by atoms with van der Waals surface area (Å²) in [5.74, 6) is 0.720. The highest BCUT2D eigenvalue weighted by Crippen LogP contribution is 2.29. The molecule has 0 saturated heterocycles. The second kappa shape index (κ2) is 6.00. The van der Waals surface area contributed by atoms with E-state index in [1.807, 2.05) is 13.8 Å². The summed E-state index contributed by atoms with van der Waals surface area (Å²) in [6.07, 6.45) is 5.84. The van der Waals surface area contributed by atoms with Crippen molar-refractivity contribution in [3.63, 3.8) is 0 Å². The van der Waals surface area contributed by atoms with E-state index in [0.29, 0.717) is 18.1 Å². The molecule has 1 unspecified atom stereocenters. The van der Waals surface area contributed by atoms with E-state index >= 15 is 0 Å². The van der Waals surface area contributed by atoms with Crippen molar-refractivity contribution in [2.24, 2.45) is 5.92 Å². The lowest BCUT2D eigenvalue weighted by molar-refractivity contribution is -0.116. The lowest BCUT2D eigenvalue weighted by Crippen LogP contribution is -2.07. The van der Waals surface area contributed by atoms with Crippen LogP contribution >= 0.6 is 0 Å². The minimum absolute atomic E-state index is 0.332. The molecule has 0 N–H and O–H groups in total. The van der Waals surface area contributed by atoms with Crippen LogP contribution < -0.4 is 0 Å². The molecule has 0 saturated carbocycles. The van der Waals surface area contributed by atoms with Gasteiger partial charge in [-0.25, -0.2) is 0 Å². The molecule has 0 amide bonds. The molecule has 0 aromatic rings. The largest absolute Gasteiger partial charge is 0.295 e. The highest BCUT2D eigenvalue weighted by Gasteiger charge is 2.20. The molecular weight excluding hydrogens is 208 g/mol. The zero-order valence-electron chi connectivity index (χ0n) is 11.6. The Balaban J connectivity index is 2.83. The zero-order valence-corrected chi connectivity index (χ0v) is 11.6. The van der Waals surface area contributed by atoms with Gasteiger partial charge in [-0.1, -0.05) is 29.7 Å². The molecule has 1 rings (SSSR count). The van der Waals surface area contributed by atoms with Gasteiger partial charge in [-0.3, -0.25) is 4.79 Å². The first-order valence-electron chi connectivity index (χ1n) is 6.44. The Hall–Kier alpha value is -1.11. The Morgan fingerprint density at radius 1 is 1.41 bits per heavy atom. The van der Waals surface area contributed by atoms with Crippen molar-refractivity contribution < 1.29 is 4.79 Å². The first-order chi connectivity index (χ1) is 7.91. The van der Waals surface area contributed by atoms with Gasteiger partial charge in [-0.2, -0.15) is 0 Å². The van der Waals surface area contributed by atoms with E-state index in [9.17, 15) is 4.79 Å². The summed E-state index contributed by atoms with van der Waals surface area (Å²) in [6.45, 7) is 12.2. The van der Waals surface area contributed by atoms with Crippen LogP contribution in [0.3, 0.4) is 0 Å². The molecule has 1 aliphatic carbocycles. The zero-order chi connectivity index (χ0) is 13.0. The quantitative estimate of drug-likeness (QED) is 0.513. The predicted octanol–water partition coefficient (Wildman–Crippen LogP) is 4.60. The molecule has 94 valence electrons. The van der Waals surface area contributed by atoms with E-state index < -0.39 is 0 Å². The van der Waals surface area contributed by atoms with E-state index in [2.05, 4.69) is 26.5 Å². The Bertz CT molecular complexity index is 378. The van der Waals surface area contributed by atoms with Gasteiger partial charge >= 0.3 is 0 Å².